The van der Waals surface area contributed by atoms with E-state index in [-0.39, 0.29) is 11.7 Å². The van der Waals surface area contributed by atoms with Gasteiger partial charge in [-0.15, -0.1) is 0 Å². The zero-order chi connectivity index (χ0) is 16.2. The van der Waals surface area contributed by atoms with Crippen molar-refractivity contribution >= 4 is 34.5 Å². The highest BCUT2D eigenvalue weighted by molar-refractivity contribution is 7.99. The van der Waals surface area contributed by atoms with Gasteiger partial charge in [0.1, 0.15) is 11.3 Å². The number of rotatable bonds is 5. The van der Waals surface area contributed by atoms with Gasteiger partial charge in [0.25, 0.3) is 5.22 Å². The number of methoxy groups -OCH3 is 1. The van der Waals surface area contributed by atoms with Gasteiger partial charge >= 0.3 is 0 Å². The summed E-state index contributed by atoms with van der Waals surface area (Å²) in [5, 5.41) is 3.37. The van der Waals surface area contributed by atoms with Crippen LogP contribution in [0.25, 0.3) is 11.1 Å². The van der Waals surface area contributed by atoms with Gasteiger partial charge in [0.2, 0.25) is 5.91 Å². The standard InChI is InChI=1S/C17H16N2O3S/c1-11-9-12(21-2)7-8-13(11)18-16(20)10-23-17-19-14-5-3-4-6-15(14)22-17/h3-9H,10H2,1-2H3,(H,18,20). The fraction of sp³-hybridized carbons (Fsp3) is 0.176. The third-order valence-electron chi connectivity index (χ3n) is 3.31. The highest BCUT2D eigenvalue weighted by Gasteiger charge is 2.10. The van der Waals surface area contributed by atoms with Crippen molar-refractivity contribution < 1.29 is 13.9 Å². The number of carbonyl (C=O) groups is 1. The zero-order valence-corrected chi connectivity index (χ0v) is 13.6. The Bertz CT molecular complexity index is 812. The van der Waals surface area contributed by atoms with E-state index < -0.39 is 0 Å². The predicted octanol–water partition coefficient (Wildman–Crippen LogP) is 3.88. The second-order valence-corrected chi connectivity index (χ2v) is 5.89. The first-order valence-electron chi connectivity index (χ1n) is 7.08. The van der Waals surface area contributed by atoms with Gasteiger partial charge in [-0.3, -0.25) is 4.79 Å². The molecule has 0 saturated carbocycles. The van der Waals surface area contributed by atoms with E-state index >= 15 is 0 Å². The Kier molecular flexibility index (Phi) is 4.52. The summed E-state index contributed by atoms with van der Waals surface area (Å²) in [6.07, 6.45) is 0. The van der Waals surface area contributed by atoms with Gasteiger partial charge in [0.15, 0.2) is 5.58 Å². The molecular weight excluding hydrogens is 312 g/mol. The van der Waals surface area contributed by atoms with Crippen molar-refractivity contribution in [2.24, 2.45) is 0 Å². The molecule has 118 valence electrons. The van der Waals surface area contributed by atoms with Crippen LogP contribution in [0.4, 0.5) is 5.69 Å². The first-order valence-corrected chi connectivity index (χ1v) is 8.07. The molecule has 0 aliphatic heterocycles. The summed E-state index contributed by atoms with van der Waals surface area (Å²) >= 11 is 1.27. The molecule has 0 fully saturated rings. The summed E-state index contributed by atoms with van der Waals surface area (Å²) < 4.78 is 10.7. The van der Waals surface area contributed by atoms with Crippen molar-refractivity contribution in [1.82, 2.24) is 4.98 Å². The van der Waals surface area contributed by atoms with E-state index in [2.05, 4.69) is 10.3 Å². The number of para-hydroxylation sites is 2. The number of fused-ring (bicyclic) bond motifs is 1. The number of aromatic nitrogens is 1. The minimum atomic E-state index is -0.106. The number of oxazole rings is 1. The molecule has 3 rings (SSSR count). The van der Waals surface area contributed by atoms with Crippen LogP contribution in [0.5, 0.6) is 5.75 Å². The second kappa shape index (κ2) is 6.75. The molecule has 0 aliphatic rings. The van der Waals surface area contributed by atoms with Crippen LogP contribution in [0.1, 0.15) is 5.56 Å². The number of amides is 1. The van der Waals surface area contributed by atoms with Crippen LogP contribution in [-0.4, -0.2) is 23.8 Å². The Morgan fingerprint density at radius 2 is 2.13 bits per heavy atom. The summed E-state index contributed by atoms with van der Waals surface area (Å²) in [5.74, 6) is 0.894. The van der Waals surface area contributed by atoms with E-state index in [1.807, 2.05) is 49.4 Å². The van der Waals surface area contributed by atoms with Gasteiger partial charge in [-0.1, -0.05) is 23.9 Å². The lowest BCUT2D eigenvalue weighted by atomic mass is 10.2. The molecule has 23 heavy (non-hydrogen) atoms. The van der Waals surface area contributed by atoms with Crippen molar-refractivity contribution in [3.63, 3.8) is 0 Å². The third kappa shape index (κ3) is 3.65. The normalized spacial score (nSPS) is 10.7. The Labute approximate surface area is 138 Å². The molecule has 6 heteroatoms. The number of aryl methyl sites for hydroxylation is 1. The van der Waals surface area contributed by atoms with Crippen molar-refractivity contribution in [1.29, 1.82) is 0 Å². The monoisotopic (exact) mass is 328 g/mol. The van der Waals surface area contributed by atoms with Crippen LogP contribution >= 0.6 is 11.8 Å². The van der Waals surface area contributed by atoms with Crippen LogP contribution in [0, 0.1) is 6.92 Å². The number of nitrogens with one attached hydrogen (secondary N) is 1. The molecule has 1 N–H and O–H groups in total. The van der Waals surface area contributed by atoms with E-state index in [1.165, 1.54) is 11.8 Å². The van der Waals surface area contributed by atoms with Gasteiger partial charge in [-0.25, -0.2) is 4.98 Å². The van der Waals surface area contributed by atoms with Gasteiger partial charge < -0.3 is 14.5 Å². The number of ether oxygens (including phenoxy) is 1. The third-order valence-corrected chi connectivity index (χ3v) is 4.14. The van der Waals surface area contributed by atoms with Gasteiger partial charge in [-0.2, -0.15) is 0 Å². The average molecular weight is 328 g/mol. The maximum atomic E-state index is 12.1. The quantitative estimate of drug-likeness (QED) is 0.720. The number of thioether (sulfide) groups is 1. The number of benzene rings is 2. The number of anilines is 1. The Hall–Kier alpha value is -2.47. The smallest absolute Gasteiger partial charge is 0.257 e. The molecule has 0 aliphatic carbocycles. The molecule has 5 nitrogen and oxygen atoms in total. The van der Waals surface area contributed by atoms with Crippen LogP contribution in [0.2, 0.25) is 0 Å². The van der Waals surface area contributed by atoms with Gasteiger partial charge in [0, 0.05) is 5.69 Å². The number of hydrogen-bond donors (Lipinski definition) is 1. The number of nitrogens with zero attached hydrogens (tertiary/aromatic N) is 1. The SMILES string of the molecule is COc1ccc(NC(=O)CSc2nc3ccccc3o2)c(C)c1. The van der Waals surface area contributed by atoms with Crippen molar-refractivity contribution in [2.45, 2.75) is 12.1 Å². The average Bonchev–Trinajstić information content (AvgIpc) is 2.97. The number of hydrogen-bond acceptors (Lipinski definition) is 5. The summed E-state index contributed by atoms with van der Waals surface area (Å²) in [6.45, 7) is 1.92. The van der Waals surface area contributed by atoms with Crippen LogP contribution in [-0.2, 0) is 4.79 Å². The van der Waals surface area contributed by atoms with Crippen LogP contribution in [0.3, 0.4) is 0 Å². The van der Waals surface area contributed by atoms with Gasteiger partial charge in [0.05, 0.1) is 12.9 Å². The predicted molar refractivity (Wildman–Crippen MR) is 91.1 cm³/mol. The Morgan fingerprint density at radius 1 is 1.30 bits per heavy atom. The molecule has 1 heterocycles. The fourth-order valence-corrected chi connectivity index (χ4v) is 2.77. The van der Waals surface area contributed by atoms with Crippen LogP contribution in [0.15, 0.2) is 52.1 Å². The van der Waals surface area contributed by atoms with E-state index in [9.17, 15) is 4.79 Å². The molecule has 0 spiro atoms. The minimum absolute atomic E-state index is 0.106. The molecular formula is C17H16N2O3S. The Balaban J connectivity index is 1.61. The maximum Gasteiger partial charge on any atom is 0.257 e. The molecule has 1 amide bonds. The van der Waals surface area contributed by atoms with Gasteiger partial charge in [-0.05, 0) is 42.8 Å². The molecule has 0 unspecified atom stereocenters. The van der Waals surface area contributed by atoms with E-state index in [1.54, 1.807) is 7.11 Å². The molecule has 0 bridgehead atoms. The summed E-state index contributed by atoms with van der Waals surface area (Å²) in [7, 11) is 1.62. The maximum absolute atomic E-state index is 12.1. The molecule has 2 aromatic carbocycles. The van der Waals surface area contributed by atoms with Crippen molar-refractivity contribution in [3.05, 3.63) is 48.0 Å². The van der Waals surface area contributed by atoms with Crippen molar-refractivity contribution in [3.8, 4) is 5.75 Å². The van der Waals surface area contributed by atoms with Crippen molar-refractivity contribution in [2.75, 3.05) is 18.2 Å². The Morgan fingerprint density at radius 3 is 2.87 bits per heavy atom. The summed E-state index contributed by atoms with van der Waals surface area (Å²) in [5.41, 5.74) is 3.24. The largest absolute Gasteiger partial charge is 0.497 e. The van der Waals surface area contributed by atoms with E-state index in [0.717, 1.165) is 28.1 Å². The summed E-state index contributed by atoms with van der Waals surface area (Å²) in [6, 6.07) is 13.0. The van der Waals surface area contributed by atoms with E-state index in [0.29, 0.717) is 5.22 Å². The lowest BCUT2D eigenvalue weighted by molar-refractivity contribution is -0.113. The first-order chi connectivity index (χ1) is 11.2. The highest BCUT2D eigenvalue weighted by atomic mass is 32.2. The molecule has 0 atom stereocenters. The minimum Gasteiger partial charge on any atom is -0.497 e. The molecule has 0 saturated heterocycles. The van der Waals surface area contributed by atoms with E-state index in [4.69, 9.17) is 9.15 Å². The first kappa shape index (κ1) is 15.4. The lowest BCUT2D eigenvalue weighted by Gasteiger charge is -2.09. The molecule has 1 aromatic heterocycles. The van der Waals surface area contributed by atoms with Crippen LogP contribution < -0.4 is 10.1 Å². The topological polar surface area (TPSA) is 64.4 Å². The molecule has 3 aromatic rings. The second-order valence-electron chi connectivity index (χ2n) is 4.97. The lowest BCUT2D eigenvalue weighted by Crippen LogP contribution is -2.14. The summed E-state index contributed by atoms with van der Waals surface area (Å²) in [4.78, 5) is 16.4. The number of carbonyl (C=O) groups excluding carboxylic acids is 1. The molecule has 0 radical (unpaired) electrons. The highest BCUT2D eigenvalue weighted by Crippen LogP contribution is 2.24. The fourth-order valence-electron chi connectivity index (χ4n) is 2.13. The zero-order valence-electron chi connectivity index (χ0n) is 12.8.